The lowest BCUT2D eigenvalue weighted by Crippen LogP contribution is -2.53. The molecule has 37 heavy (non-hydrogen) atoms. The third-order valence-electron chi connectivity index (χ3n) is 5.10. The van der Waals surface area contributed by atoms with Crippen molar-refractivity contribution >= 4 is 35.6 Å². The second-order valence-electron chi connectivity index (χ2n) is 9.21. The van der Waals surface area contributed by atoms with Gasteiger partial charge >= 0.3 is 12.1 Å². The van der Waals surface area contributed by atoms with Crippen LogP contribution in [0, 0.1) is 18.3 Å². The smallest absolute Gasteiger partial charge is 0.408 e. The van der Waals surface area contributed by atoms with Crippen LogP contribution < -0.4 is 10.6 Å². The largest absolute Gasteiger partial charge is 0.466 e. The molecule has 0 heterocycles. The molecule has 1 aromatic carbocycles. The van der Waals surface area contributed by atoms with E-state index in [0.29, 0.717) is 11.3 Å². The Bertz CT molecular complexity index is 973. The van der Waals surface area contributed by atoms with Gasteiger partial charge in [0.1, 0.15) is 24.2 Å². The summed E-state index contributed by atoms with van der Waals surface area (Å²) >= 11 is 1.49. The van der Waals surface area contributed by atoms with E-state index in [4.69, 9.17) is 9.47 Å². The number of alkyl carbamates (subject to hydrolysis) is 1. The van der Waals surface area contributed by atoms with Crippen LogP contribution in [0.2, 0.25) is 0 Å². The molecule has 1 aromatic rings. The number of benzene rings is 1. The summed E-state index contributed by atoms with van der Waals surface area (Å²) in [6.45, 7) is 8.45. The fraction of sp³-hybridized carbons (Fsp3) is 0.577. The molecule has 10 nitrogen and oxygen atoms in total. The predicted molar refractivity (Wildman–Crippen MR) is 142 cm³/mol. The van der Waals surface area contributed by atoms with Crippen LogP contribution in [0.4, 0.5) is 4.79 Å². The van der Waals surface area contributed by atoms with E-state index in [9.17, 15) is 24.4 Å². The van der Waals surface area contributed by atoms with E-state index in [1.807, 2.05) is 12.3 Å². The van der Waals surface area contributed by atoms with Crippen molar-refractivity contribution in [2.45, 2.75) is 65.1 Å². The first-order chi connectivity index (χ1) is 17.4. The number of nitriles is 1. The molecule has 0 aliphatic carbocycles. The molecular formula is C26H38N4O6S. The normalized spacial score (nSPS) is 12.5. The van der Waals surface area contributed by atoms with Crippen LogP contribution in [-0.4, -0.2) is 72.1 Å². The first-order valence-electron chi connectivity index (χ1n) is 12.1. The van der Waals surface area contributed by atoms with Crippen molar-refractivity contribution in [2.24, 2.45) is 0 Å². The Kier molecular flexibility index (Phi) is 13.5. The number of carbonyl (C=O) groups excluding carboxylic acids is 4. The second-order valence-corrected chi connectivity index (χ2v) is 10.2. The van der Waals surface area contributed by atoms with Crippen LogP contribution in [0.1, 0.15) is 57.7 Å². The summed E-state index contributed by atoms with van der Waals surface area (Å²) < 4.78 is 10.2. The lowest BCUT2D eigenvalue weighted by molar-refractivity contribution is -0.144. The molecule has 0 spiro atoms. The van der Waals surface area contributed by atoms with Gasteiger partial charge in [0, 0.05) is 6.54 Å². The molecule has 204 valence electrons. The van der Waals surface area contributed by atoms with Crippen LogP contribution in [0.25, 0.3) is 0 Å². The summed E-state index contributed by atoms with van der Waals surface area (Å²) in [5.41, 5.74) is 0.497. The predicted octanol–water partition coefficient (Wildman–Crippen LogP) is 3.10. The van der Waals surface area contributed by atoms with Gasteiger partial charge in [0.2, 0.25) is 11.8 Å². The third-order valence-corrected chi connectivity index (χ3v) is 5.74. The van der Waals surface area contributed by atoms with E-state index in [-0.39, 0.29) is 26.0 Å². The topological polar surface area (TPSA) is 138 Å². The molecule has 0 bridgehead atoms. The zero-order chi connectivity index (χ0) is 28.0. The minimum Gasteiger partial charge on any atom is -0.466 e. The van der Waals surface area contributed by atoms with Gasteiger partial charge in [-0.15, -0.1) is 0 Å². The summed E-state index contributed by atoms with van der Waals surface area (Å²) in [6, 6.07) is 6.84. The molecule has 2 N–H and O–H groups in total. The maximum atomic E-state index is 13.8. The number of amides is 3. The highest BCUT2D eigenvalue weighted by Crippen LogP contribution is 2.26. The fourth-order valence-electron chi connectivity index (χ4n) is 3.48. The fourth-order valence-corrected chi connectivity index (χ4v) is 3.95. The highest BCUT2D eigenvalue weighted by Gasteiger charge is 2.36. The van der Waals surface area contributed by atoms with Crippen molar-refractivity contribution < 1.29 is 28.7 Å². The summed E-state index contributed by atoms with van der Waals surface area (Å²) in [6.07, 6.45) is 1.33. The van der Waals surface area contributed by atoms with Gasteiger partial charge < -0.3 is 25.0 Å². The van der Waals surface area contributed by atoms with E-state index in [1.54, 1.807) is 58.9 Å². The number of hydrogen-bond acceptors (Lipinski definition) is 8. The van der Waals surface area contributed by atoms with Gasteiger partial charge in [0.15, 0.2) is 0 Å². The van der Waals surface area contributed by atoms with Gasteiger partial charge in [-0.3, -0.25) is 14.4 Å². The summed E-state index contributed by atoms with van der Waals surface area (Å²) in [5.74, 6) is -1.05. The standard InChI is InChI=1S/C26H38N4O6S/c1-7-35-21(31)12-15-28-23(32)22(19-11-9-8-10-18(19)2)30(16-14-27)24(33)20(13-17-37-6)29-25(34)36-26(3,4)5/h8-11,20,22H,7,12-13,15-17H2,1-6H3,(H,28,32)(H,29,34). The Labute approximate surface area is 223 Å². The second kappa shape index (κ2) is 15.8. The van der Waals surface area contributed by atoms with E-state index in [1.165, 1.54) is 11.8 Å². The van der Waals surface area contributed by atoms with Gasteiger partial charge in [-0.2, -0.15) is 17.0 Å². The lowest BCUT2D eigenvalue weighted by Gasteiger charge is -2.33. The lowest BCUT2D eigenvalue weighted by atomic mass is 9.98. The van der Waals surface area contributed by atoms with E-state index >= 15 is 0 Å². The first-order valence-corrected chi connectivity index (χ1v) is 13.5. The summed E-state index contributed by atoms with van der Waals surface area (Å²) in [5, 5.41) is 14.9. The minimum absolute atomic E-state index is 0.000688. The van der Waals surface area contributed by atoms with E-state index in [0.717, 1.165) is 10.5 Å². The monoisotopic (exact) mass is 534 g/mol. The minimum atomic E-state index is -1.16. The molecule has 0 fully saturated rings. The van der Waals surface area contributed by atoms with Gasteiger partial charge in [0.25, 0.3) is 0 Å². The van der Waals surface area contributed by atoms with Gasteiger partial charge in [-0.05, 0) is 64.2 Å². The SMILES string of the molecule is CCOC(=O)CCNC(=O)C(c1ccccc1C)N(CC#N)C(=O)C(CCSC)NC(=O)OC(C)(C)C. The number of nitrogens with zero attached hydrogens (tertiary/aromatic N) is 2. The number of esters is 1. The molecule has 2 atom stereocenters. The maximum absolute atomic E-state index is 13.8. The van der Waals surface area contributed by atoms with Crippen LogP contribution >= 0.6 is 11.8 Å². The molecule has 0 saturated heterocycles. The Balaban J connectivity index is 3.34. The van der Waals surface area contributed by atoms with Crippen molar-refractivity contribution in [1.29, 1.82) is 5.26 Å². The molecule has 0 aliphatic heterocycles. The van der Waals surface area contributed by atoms with Crippen LogP contribution in [-0.2, 0) is 23.9 Å². The zero-order valence-corrected chi connectivity index (χ0v) is 23.3. The van der Waals surface area contributed by atoms with Crippen molar-refractivity contribution in [3.63, 3.8) is 0 Å². The average molecular weight is 535 g/mol. The highest BCUT2D eigenvalue weighted by molar-refractivity contribution is 7.98. The number of hydrogen-bond donors (Lipinski definition) is 2. The molecule has 2 unspecified atom stereocenters. The van der Waals surface area contributed by atoms with Crippen LogP contribution in [0.15, 0.2) is 24.3 Å². The molecule has 0 aliphatic rings. The number of thioether (sulfide) groups is 1. The number of rotatable bonds is 13. The van der Waals surface area contributed by atoms with Gasteiger partial charge in [0.05, 0.1) is 19.1 Å². The number of nitrogens with one attached hydrogen (secondary N) is 2. The molecular weight excluding hydrogens is 496 g/mol. The Hall–Kier alpha value is -3.26. The van der Waals surface area contributed by atoms with Crippen molar-refractivity contribution in [3.05, 3.63) is 35.4 Å². The number of ether oxygens (including phenoxy) is 2. The number of aryl methyl sites for hydroxylation is 1. The van der Waals surface area contributed by atoms with E-state index < -0.39 is 48.1 Å². The van der Waals surface area contributed by atoms with Gasteiger partial charge in [-0.25, -0.2) is 4.79 Å². The molecule has 0 saturated carbocycles. The summed E-state index contributed by atoms with van der Waals surface area (Å²) in [7, 11) is 0. The Morgan fingerprint density at radius 1 is 1.19 bits per heavy atom. The average Bonchev–Trinajstić information content (AvgIpc) is 2.81. The van der Waals surface area contributed by atoms with E-state index in [2.05, 4.69) is 10.6 Å². The first kappa shape index (κ1) is 31.8. The van der Waals surface area contributed by atoms with Crippen LogP contribution in [0.3, 0.4) is 0 Å². The highest BCUT2D eigenvalue weighted by atomic mass is 32.2. The molecule has 0 aromatic heterocycles. The zero-order valence-electron chi connectivity index (χ0n) is 22.5. The molecule has 3 amide bonds. The van der Waals surface area contributed by atoms with Gasteiger partial charge in [-0.1, -0.05) is 24.3 Å². The molecule has 11 heteroatoms. The maximum Gasteiger partial charge on any atom is 0.408 e. The molecule has 0 radical (unpaired) electrons. The van der Waals surface area contributed by atoms with Crippen molar-refractivity contribution in [3.8, 4) is 6.07 Å². The Morgan fingerprint density at radius 3 is 2.43 bits per heavy atom. The van der Waals surface area contributed by atoms with Crippen molar-refractivity contribution in [1.82, 2.24) is 15.5 Å². The summed E-state index contributed by atoms with van der Waals surface area (Å²) in [4.78, 5) is 52.6. The molecule has 1 rings (SSSR count). The quantitative estimate of drug-likeness (QED) is 0.291. The Morgan fingerprint density at radius 2 is 1.86 bits per heavy atom. The third kappa shape index (κ3) is 11.1. The number of carbonyl (C=O) groups is 4. The van der Waals surface area contributed by atoms with Crippen LogP contribution in [0.5, 0.6) is 0 Å². The van der Waals surface area contributed by atoms with Crippen molar-refractivity contribution in [2.75, 3.05) is 31.7 Å².